The van der Waals surface area contributed by atoms with E-state index in [0.717, 1.165) is 10.6 Å². The lowest BCUT2D eigenvalue weighted by Crippen LogP contribution is -2.11. The summed E-state index contributed by atoms with van der Waals surface area (Å²) in [6, 6.07) is 17.0. The van der Waals surface area contributed by atoms with Gasteiger partial charge in [-0.05, 0) is 19.1 Å². The second kappa shape index (κ2) is 9.40. The fourth-order valence-electron chi connectivity index (χ4n) is 2.91. The zero-order valence-electron chi connectivity index (χ0n) is 17.4. The molecule has 2 aromatic carbocycles. The maximum Gasteiger partial charge on any atom is 0.350 e. The Labute approximate surface area is 188 Å². The molecule has 3 N–H and O–H groups in total. The minimum Gasteiger partial charge on any atom is -0.495 e. The fraction of sp³-hybridized carbons (Fsp3) is 0.136. The highest BCUT2D eigenvalue weighted by Crippen LogP contribution is 2.29. The Bertz CT molecular complexity index is 1250. The van der Waals surface area contributed by atoms with E-state index in [2.05, 4.69) is 25.3 Å². The lowest BCUT2D eigenvalue weighted by Gasteiger charge is -2.10. The number of aryl methyl sites for hydroxylation is 1. The molecule has 32 heavy (non-hydrogen) atoms. The Hall–Kier alpha value is -4.05. The Morgan fingerprint density at radius 3 is 2.56 bits per heavy atom. The number of benzene rings is 2. The van der Waals surface area contributed by atoms with Gasteiger partial charge in [0.2, 0.25) is 11.9 Å². The largest absolute Gasteiger partial charge is 0.495 e. The van der Waals surface area contributed by atoms with Crippen LogP contribution in [0.5, 0.6) is 5.75 Å². The molecule has 162 valence electrons. The van der Waals surface area contributed by atoms with Gasteiger partial charge >= 0.3 is 5.97 Å². The summed E-state index contributed by atoms with van der Waals surface area (Å²) in [6.07, 6.45) is 0. The molecule has 0 unspecified atom stereocenters. The van der Waals surface area contributed by atoms with Crippen LogP contribution in [0.15, 0.2) is 54.6 Å². The number of thiazole rings is 1. The molecule has 0 radical (unpaired) electrons. The summed E-state index contributed by atoms with van der Waals surface area (Å²) in [6.45, 7) is 1.61. The number of rotatable bonds is 7. The molecule has 0 fully saturated rings. The number of nitrogens with two attached hydrogens (primary N) is 1. The molecule has 0 aliphatic carbocycles. The first kappa shape index (κ1) is 21.2. The van der Waals surface area contributed by atoms with E-state index in [1.807, 2.05) is 48.5 Å². The molecule has 9 nitrogen and oxygen atoms in total. The van der Waals surface area contributed by atoms with Crippen LogP contribution in [0.2, 0.25) is 0 Å². The summed E-state index contributed by atoms with van der Waals surface area (Å²) >= 11 is 1.28. The van der Waals surface area contributed by atoms with E-state index in [0.29, 0.717) is 22.0 Å². The molecule has 4 aromatic rings. The number of esters is 1. The molecule has 10 heteroatoms. The Morgan fingerprint density at radius 2 is 1.78 bits per heavy atom. The minimum atomic E-state index is -0.500. The number of nitrogen functional groups attached to an aromatic ring is 1. The van der Waals surface area contributed by atoms with E-state index in [-0.39, 0.29) is 24.3 Å². The molecule has 0 bridgehead atoms. The predicted molar refractivity (Wildman–Crippen MR) is 122 cm³/mol. The van der Waals surface area contributed by atoms with Gasteiger partial charge in [0.15, 0.2) is 12.4 Å². The summed E-state index contributed by atoms with van der Waals surface area (Å²) in [5.41, 5.74) is 8.02. The molecular weight excluding hydrogens is 428 g/mol. The van der Waals surface area contributed by atoms with Gasteiger partial charge in [0.1, 0.15) is 15.6 Å². The normalized spacial score (nSPS) is 10.6. The number of carbonyl (C=O) groups is 1. The highest BCUT2D eigenvalue weighted by Gasteiger charge is 2.18. The van der Waals surface area contributed by atoms with E-state index in [1.54, 1.807) is 20.1 Å². The predicted octanol–water partition coefficient (Wildman–Crippen LogP) is 3.99. The third-order valence-electron chi connectivity index (χ3n) is 4.39. The van der Waals surface area contributed by atoms with Crippen LogP contribution in [0.4, 0.5) is 17.6 Å². The number of hydrogen-bond donors (Lipinski definition) is 2. The fourth-order valence-corrected chi connectivity index (χ4v) is 3.88. The van der Waals surface area contributed by atoms with Crippen LogP contribution in [-0.2, 0) is 11.3 Å². The smallest absolute Gasteiger partial charge is 0.350 e. The van der Waals surface area contributed by atoms with Crippen LogP contribution < -0.4 is 15.8 Å². The van der Waals surface area contributed by atoms with Gasteiger partial charge in [-0.1, -0.05) is 42.5 Å². The van der Waals surface area contributed by atoms with Gasteiger partial charge < -0.3 is 20.5 Å². The van der Waals surface area contributed by atoms with Crippen molar-refractivity contribution in [2.75, 3.05) is 18.2 Å². The van der Waals surface area contributed by atoms with Crippen molar-refractivity contribution in [1.82, 2.24) is 19.9 Å². The lowest BCUT2D eigenvalue weighted by molar-refractivity contribution is 0.0467. The van der Waals surface area contributed by atoms with E-state index >= 15 is 0 Å². The highest BCUT2D eigenvalue weighted by atomic mass is 32.1. The monoisotopic (exact) mass is 448 g/mol. The number of para-hydroxylation sites is 2. The van der Waals surface area contributed by atoms with Gasteiger partial charge in [0.25, 0.3) is 0 Å². The number of ether oxygens (including phenoxy) is 2. The van der Waals surface area contributed by atoms with Crippen molar-refractivity contribution in [2.24, 2.45) is 0 Å². The van der Waals surface area contributed by atoms with Crippen LogP contribution in [0, 0.1) is 6.92 Å². The summed E-state index contributed by atoms with van der Waals surface area (Å²) in [5.74, 6) is 0.556. The Balaban J connectivity index is 1.47. The van der Waals surface area contributed by atoms with E-state index in [1.165, 1.54) is 11.3 Å². The van der Waals surface area contributed by atoms with Crippen LogP contribution in [-0.4, -0.2) is 33.0 Å². The summed E-state index contributed by atoms with van der Waals surface area (Å²) in [5, 5.41) is 3.79. The van der Waals surface area contributed by atoms with Gasteiger partial charge in [-0.2, -0.15) is 15.0 Å². The molecule has 0 spiro atoms. The van der Waals surface area contributed by atoms with E-state index < -0.39 is 5.97 Å². The highest BCUT2D eigenvalue weighted by molar-refractivity contribution is 7.17. The maximum absolute atomic E-state index is 12.6. The van der Waals surface area contributed by atoms with Gasteiger partial charge in [-0.25, -0.2) is 9.78 Å². The zero-order valence-corrected chi connectivity index (χ0v) is 18.2. The molecule has 0 saturated carbocycles. The molecule has 0 amide bonds. The third-order valence-corrected chi connectivity index (χ3v) is 5.57. The lowest BCUT2D eigenvalue weighted by atomic mass is 10.2. The van der Waals surface area contributed by atoms with Crippen molar-refractivity contribution < 1.29 is 14.3 Å². The van der Waals surface area contributed by atoms with Crippen molar-refractivity contribution in [3.05, 3.63) is 71.0 Å². The third kappa shape index (κ3) is 4.81. The Kier molecular flexibility index (Phi) is 6.22. The number of nitrogens with zero attached hydrogens (tertiary/aromatic N) is 4. The number of carbonyl (C=O) groups excluding carboxylic acids is 1. The minimum absolute atomic E-state index is 0.00350. The topological polar surface area (TPSA) is 125 Å². The molecule has 4 rings (SSSR count). The van der Waals surface area contributed by atoms with Gasteiger partial charge in [0.05, 0.1) is 18.5 Å². The molecule has 0 aliphatic rings. The van der Waals surface area contributed by atoms with Crippen LogP contribution in [0.25, 0.3) is 10.6 Å². The molecule has 0 atom stereocenters. The SMILES string of the molecule is COc1ccccc1Nc1nc(N)nc(COC(=O)c2sc(-c3ccccc3)nc2C)n1. The van der Waals surface area contributed by atoms with Crippen molar-refractivity contribution in [1.29, 1.82) is 0 Å². The first-order valence-electron chi connectivity index (χ1n) is 9.64. The number of aromatic nitrogens is 4. The summed E-state index contributed by atoms with van der Waals surface area (Å²) < 4.78 is 10.7. The van der Waals surface area contributed by atoms with Crippen molar-refractivity contribution in [3.8, 4) is 16.3 Å². The first-order chi connectivity index (χ1) is 15.5. The van der Waals surface area contributed by atoms with E-state index in [4.69, 9.17) is 15.2 Å². The molecule has 2 heterocycles. The van der Waals surface area contributed by atoms with Crippen LogP contribution >= 0.6 is 11.3 Å². The van der Waals surface area contributed by atoms with Crippen LogP contribution in [0.3, 0.4) is 0 Å². The first-order valence-corrected chi connectivity index (χ1v) is 10.5. The van der Waals surface area contributed by atoms with Crippen molar-refractivity contribution in [3.63, 3.8) is 0 Å². The van der Waals surface area contributed by atoms with Crippen molar-refractivity contribution >= 4 is 34.9 Å². The number of hydrogen-bond acceptors (Lipinski definition) is 10. The number of methoxy groups -OCH3 is 1. The molecule has 0 saturated heterocycles. The Morgan fingerprint density at radius 1 is 1.03 bits per heavy atom. The zero-order chi connectivity index (χ0) is 22.5. The summed E-state index contributed by atoms with van der Waals surface area (Å²) in [4.78, 5) is 30.0. The number of anilines is 3. The quantitative estimate of drug-likeness (QED) is 0.404. The van der Waals surface area contributed by atoms with Crippen LogP contribution in [0.1, 0.15) is 21.2 Å². The molecule has 2 aromatic heterocycles. The maximum atomic E-state index is 12.6. The van der Waals surface area contributed by atoms with Gasteiger partial charge in [0, 0.05) is 5.56 Å². The molecule has 0 aliphatic heterocycles. The average Bonchev–Trinajstić information content (AvgIpc) is 3.20. The number of nitrogens with one attached hydrogen (secondary N) is 1. The van der Waals surface area contributed by atoms with E-state index in [9.17, 15) is 4.79 Å². The standard InChI is InChI=1S/C22H20N6O3S/c1-13-18(32-19(24-13)14-8-4-3-5-9-14)20(29)31-12-17-26-21(23)28-22(27-17)25-15-10-6-7-11-16(15)30-2/h3-11H,12H2,1-2H3,(H3,23,25,26,27,28). The second-order valence-electron chi connectivity index (χ2n) is 6.63. The average molecular weight is 449 g/mol. The second-order valence-corrected chi connectivity index (χ2v) is 7.63. The summed E-state index contributed by atoms with van der Waals surface area (Å²) in [7, 11) is 1.57. The van der Waals surface area contributed by atoms with Gasteiger partial charge in [-0.3, -0.25) is 0 Å². The van der Waals surface area contributed by atoms with Gasteiger partial charge in [-0.15, -0.1) is 11.3 Å². The van der Waals surface area contributed by atoms with Crippen molar-refractivity contribution in [2.45, 2.75) is 13.5 Å². The molecular formula is C22H20N6O3S.